The molecule has 1 saturated heterocycles. The topological polar surface area (TPSA) is 107 Å². The van der Waals surface area contributed by atoms with Crippen LogP contribution in [-0.2, 0) is 21.0 Å². The van der Waals surface area contributed by atoms with Crippen molar-refractivity contribution in [1.82, 2.24) is 15.1 Å². The fourth-order valence-electron chi connectivity index (χ4n) is 2.99. The van der Waals surface area contributed by atoms with Gasteiger partial charge in [0.2, 0.25) is 15.9 Å². The Morgan fingerprint density at radius 2 is 1.69 bits per heavy atom. The standard InChI is InChI=1S/C17H14F3N3O2S.C4H7NO/c1-11-2-4-12(5-3-11)15-10-16(17(18,19)20)22-23(15)13-6-8-14(9-7-13)26(21,24)25;6-4-2-1-3-5-4/h2-10H,1H3,(H2,21,24,25);1-3H2,(H,5,6). The number of primary sulfonamides is 1. The molecule has 0 spiro atoms. The highest BCUT2D eigenvalue weighted by Crippen LogP contribution is 2.33. The van der Waals surface area contributed by atoms with Gasteiger partial charge in [0.25, 0.3) is 0 Å². The summed E-state index contributed by atoms with van der Waals surface area (Å²) in [7, 11) is -3.90. The van der Waals surface area contributed by atoms with Gasteiger partial charge >= 0.3 is 6.18 Å². The fraction of sp³-hybridized carbons (Fsp3) is 0.238. The Morgan fingerprint density at radius 1 is 1.06 bits per heavy atom. The lowest BCUT2D eigenvalue weighted by Crippen LogP contribution is -2.12. The Balaban J connectivity index is 0.000000416. The van der Waals surface area contributed by atoms with E-state index in [0.29, 0.717) is 5.56 Å². The molecule has 0 bridgehead atoms. The van der Waals surface area contributed by atoms with Gasteiger partial charge in [-0.1, -0.05) is 29.8 Å². The predicted octanol–water partition coefficient (Wildman–Crippen LogP) is 3.41. The highest BCUT2D eigenvalue weighted by atomic mass is 32.2. The molecule has 0 saturated carbocycles. The Bertz CT molecular complexity index is 1190. The average molecular weight is 466 g/mol. The van der Waals surface area contributed by atoms with E-state index in [9.17, 15) is 26.4 Å². The Morgan fingerprint density at radius 3 is 2.12 bits per heavy atom. The number of rotatable bonds is 3. The number of benzene rings is 2. The summed E-state index contributed by atoms with van der Waals surface area (Å²) in [5, 5.41) is 11.4. The molecule has 0 atom stereocenters. The molecule has 2 aromatic carbocycles. The van der Waals surface area contributed by atoms with Crippen molar-refractivity contribution in [2.24, 2.45) is 5.14 Å². The van der Waals surface area contributed by atoms with Crippen LogP contribution in [0.1, 0.15) is 24.1 Å². The van der Waals surface area contributed by atoms with Gasteiger partial charge in [0.1, 0.15) is 0 Å². The van der Waals surface area contributed by atoms with E-state index in [1.54, 1.807) is 24.3 Å². The minimum absolute atomic E-state index is 0.138. The highest BCUT2D eigenvalue weighted by molar-refractivity contribution is 7.89. The minimum Gasteiger partial charge on any atom is -0.356 e. The third-order valence-electron chi connectivity index (χ3n) is 4.66. The maximum atomic E-state index is 13.1. The zero-order valence-electron chi connectivity index (χ0n) is 17.1. The lowest BCUT2D eigenvalue weighted by molar-refractivity contribution is -0.141. The number of nitrogens with two attached hydrogens (primary N) is 1. The van der Waals surface area contributed by atoms with Crippen LogP contribution >= 0.6 is 0 Å². The van der Waals surface area contributed by atoms with Crippen LogP contribution in [0.4, 0.5) is 13.2 Å². The summed E-state index contributed by atoms with van der Waals surface area (Å²) in [6, 6.07) is 13.1. The van der Waals surface area contributed by atoms with E-state index in [0.717, 1.165) is 35.7 Å². The lowest BCUT2D eigenvalue weighted by Gasteiger charge is -2.09. The molecular weight excluding hydrogens is 445 g/mol. The molecule has 3 N–H and O–H groups in total. The normalized spacial score (nSPS) is 14.0. The zero-order chi connectivity index (χ0) is 23.5. The van der Waals surface area contributed by atoms with E-state index < -0.39 is 21.9 Å². The van der Waals surface area contributed by atoms with Crippen LogP contribution in [0.3, 0.4) is 0 Å². The fourth-order valence-corrected chi connectivity index (χ4v) is 3.50. The number of aromatic nitrogens is 2. The number of carbonyl (C=O) groups excluding carboxylic acids is 1. The van der Waals surface area contributed by atoms with Crippen LogP contribution in [-0.4, -0.2) is 30.7 Å². The molecule has 1 fully saturated rings. The summed E-state index contributed by atoms with van der Waals surface area (Å²) in [6.45, 7) is 2.76. The smallest absolute Gasteiger partial charge is 0.356 e. The van der Waals surface area contributed by atoms with E-state index in [1.165, 1.54) is 24.3 Å². The molecular formula is C21H21F3N4O3S. The molecule has 2 heterocycles. The third-order valence-corrected chi connectivity index (χ3v) is 5.59. The Hall–Kier alpha value is -3.18. The second kappa shape index (κ2) is 9.13. The maximum absolute atomic E-state index is 13.1. The van der Waals surface area contributed by atoms with Gasteiger partial charge < -0.3 is 5.32 Å². The van der Waals surface area contributed by atoms with Crippen molar-refractivity contribution in [2.45, 2.75) is 30.8 Å². The van der Waals surface area contributed by atoms with Crippen LogP contribution in [0.5, 0.6) is 0 Å². The third kappa shape index (κ3) is 5.74. The van der Waals surface area contributed by atoms with E-state index in [1.807, 2.05) is 6.92 Å². The molecule has 1 aromatic heterocycles. The Labute approximate surface area is 183 Å². The largest absolute Gasteiger partial charge is 0.435 e. The van der Waals surface area contributed by atoms with Gasteiger partial charge in [0, 0.05) is 18.5 Å². The average Bonchev–Trinajstić information content (AvgIpc) is 3.38. The summed E-state index contributed by atoms with van der Waals surface area (Å²) < 4.78 is 63.2. The molecule has 7 nitrogen and oxygen atoms in total. The van der Waals surface area contributed by atoms with Crippen LogP contribution in [0.25, 0.3) is 16.9 Å². The van der Waals surface area contributed by atoms with E-state index >= 15 is 0 Å². The van der Waals surface area contributed by atoms with Gasteiger partial charge in [0.15, 0.2) is 5.69 Å². The van der Waals surface area contributed by atoms with Crippen molar-refractivity contribution >= 4 is 15.9 Å². The van der Waals surface area contributed by atoms with E-state index in [2.05, 4.69) is 10.4 Å². The van der Waals surface area contributed by atoms with Gasteiger partial charge in [-0.25, -0.2) is 18.2 Å². The minimum atomic E-state index is -4.61. The van der Waals surface area contributed by atoms with Crippen LogP contribution in [0.15, 0.2) is 59.5 Å². The molecule has 4 rings (SSSR count). The highest BCUT2D eigenvalue weighted by Gasteiger charge is 2.35. The molecule has 1 amide bonds. The van der Waals surface area contributed by atoms with Gasteiger partial charge in [-0.05, 0) is 43.7 Å². The van der Waals surface area contributed by atoms with Crippen molar-refractivity contribution in [3.05, 3.63) is 65.9 Å². The number of nitrogens with one attached hydrogen (secondary N) is 1. The zero-order valence-corrected chi connectivity index (χ0v) is 17.9. The van der Waals surface area contributed by atoms with Crippen molar-refractivity contribution in [3.8, 4) is 16.9 Å². The lowest BCUT2D eigenvalue weighted by atomic mass is 10.1. The monoisotopic (exact) mass is 466 g/mol. The van der Waals surface area contributed by atoms with Gasteiger partial charge in [-0.3, -0.25) is 4.79 Å². The molecule has 0 radical (unpaired) electrons. The van der Waals surface area contributed by atoms with Crippen molar-refractivity contribution < 1.29 is 26.4 Å². The quantitative estimate of drug-likeness (QED) is 0.617. The van der Waals surface area contributed by atoms with Gasteiger partial charge in [-0.15, -0.1) is 0 Å². The summed E-state index contributed by atoms with van der Waals surface area (Å²) in [6.07, 6.45) is -2.84. The molecule has 1 aliphatic rings. The van der Waals surface area contributed by atoms with Crippen LogP contribution in [0, 0.1) is 6.92 Å². The number of hydrogen-bond acceptors (Lipinski definition) is 4. The molecule has 0 aliphatic carbocycles. The number of aryl methyl sites for hydroxylation is 1. The van der Waals surface area contributed by atoms with Gasteiger partial charge in [0.05, 0.1) is 16.3 Å². The number of hydrogen-bond donors (Lipinski definition) is 2. The molecule has 1 aliphatic heterocycles. The SMILES string of the molecule is Cc1ccc(-c2cc(C(F)(F)F)nn2-c2ccc(S(N)(=O)=O)cc2)cc1.O=C1CCCN1. The Kier molecular flexibility index (Phi) is 6.70. The number of carbonyl (C=O) groups is 1. The summed E-state index contributed by atoms with van der Waals surface area (Å²) in [5.41, 5.74) is 0.996. The number of sulfonamides is 1. The molecule has 0 unspecified atom stereocenters. The predicted molar refractivity (Wildman–Crippen MR) is 112 cm³/mol. The molecule has 170 valence electrons. The summed E-state index contributed by atoms with van der Waals surface area (Å²) in [4.78, 5) is 9.99. The van der Waals surface area contributed by atoms with Crippen LogP contribution in [0.2, 0.25) is 0 Å². The van der Waals surface area contributed by atoms with Crippen molar-refractivity contribution in [2.75, 3.05) is 6.54 Å². The first-order chi connectivity index (χ1) is 14.9. The van der Waals surface area contributed by atoms with Crippen molar-refractivity contribution in [1.29, 1.82) is 0 Å². The van der Waals surface area contributed by atoms with Crippen LogP contribution < -0.4 is 10.5 Å². The second-order valence-corrected chi connectivity index (χ2v) is 8.74. The molecule has 11 heteroatoms. The summed E-state index contributed by atoms with van der Waals surface area (Å²) >= 11 is 0. The molecule has 32 heavy (non-hydrogen) atoms. The number of alkyl halides is 3. The number of nitrogens with zero attached hydrogens (tertiary/aromatic N) is 2. The van der Waals surface area contributed by atoms with Gasteiger partial charge in [-0.2, -0.15) is 18.3 Å². The summed E-state index contributed by atoms with van der Waals surface area (Å²) in [5.74, 6) is 0.204. The molecule has 3 aromatic rings. The second-order valence-electron chi connectivity index (χ2n) is 7.18. The van der Waals surface area contributed by atoms with E-state index in [-0.39, 0.29) is 22.2 Å². The first-order valence-electron chi connectivity index (χ1n) is 9.59. The number of halogens is 3. The number of amides is 1. The first kappa shape index (κ1) is 23.5. The first-order valence-corrected chi connectivity index (χ1v) is 11.1. The maximum Gasteiger partial charge on any atom is 0.435 e. The van der Waals surface area contributed by atoms with E-state index in [4.69, 9.17) is 5.14 Å². The van der Waals surface area contributed by atoms with Crippen molar-refractivity contribution in [3.63, 3.8) is 0 Å².